The summed E-state index contributed by atoms with van der Waals surface area (Å²) in [4.78, 5) is 28.7. The Hall–Kier alpha value is -4.20. The minimum atomic E-state index is -4.58. The lowest BCUT2D eigenvalue weighted by Gasteiger charge is -2.34. The number of amides is 1. The summed E-state index contributed by atoms with van der Waals surface area (Å²) in [5, 5.41) is 2.59. The van der Waals surface area contributed by atoms with Gasteiger partial charge in [-0.2, -0.15) is 13.2 Å². The number of likely N-dealkylation sites (N-methyl/N-ethyl adjacent to an activating group) is 1. The number of H-pyrrole nitrogens is 1. The molecule has 4 aromatic rings. The normalized spacial score (nSPS) is 14.7. The number of pyridine rings is 2. The summed E-state index contributed by atoms with van der Waals surface area (Å²) >= 11 is 0. The largest absolute Gasteiger partial charge is 0.416 e. The van der Waals surface area contributed by atoms with Gasteiger partial charge in [0.2, 0.25) is 0 Å². The topological polar surface area (TPSA) is 77.1 Å². The molecule has 39 heavy (non-hydrogen) atoms. The fraction of sp³-hybridized carbons (Fsp3) is 0.276. The van der Waals surface area contributed by atoms with Gasteiger partial charge in [0.1, 0.15) is 5.82 Å². The van der Waals surface area contributed by atoms with E-state index in [0.717, 1.165) is 36.7 Å². The summed E-state index contributed by atoms with van der Waals surface area (Å²) in [7, 11) is 0. The van der Waals surface area contributed by atoms with Crippen LogP contribution in [0.25, 0.3) is 11.0 Å². The predicted octanol–water partition coefficient (Wildman–Crippen LogP) is 4.77. The fourth-order valence-corrected chi connectivity index (χ4v) is 4.54. The van der Waals surface area contributed by atoms with Crippen LogP contribution in [0.1, 0.15) is 39.5 Å². The minimum Gasteiger partial charge on any atom is -0.360 e. The second-order valence-electron chi connectivity index (χ2n) is 9.35. The lowest BCUT2D eigenvalue weighted by atomic mass is 10.0. The molecule has 1 fully saturated rings. The van der Waals surface area contributed by atoms with Crippen molar-refractivity contribution in [1.29, 1.82) is 0 Å². The SMILES string of the molecule is CCN1CCN(Cc2ccc(C(=O)Nc3cc(C#Cc4cnc5cc[nH]c5c4)ccn3)cc2C(F)(F)F)CC1. The van der Waals surface area contributed by atoms with Gasteiger partial charge >= 0.3 is 6.18 Å². The van der Waals surface area contributed by atoms with Crippen LogP contribution in [0.3, 0.4) is 0 Å². The quantitative estimate of drug-likeness (QED) is 0.363. The first-order valence-electron chi connectivity index (χ1n) is 12.7. The lowest BCUT2D eigenvalue weighted by molar-refractivity contribution is -0.138. The molecule has 1 aromatic carbocycles. The number of anilines is 1. The molecule has 1 aliphatic heterocycles. The molecule has 2 N–H and O–H groups in total. The van der Waals surface area contributed by atoms with Crippen molar-refractivity contribution in [3.05, 3.63) is 88.9 Å². The second kappa shape index (κ2) is 11.3. The number of halogens is 3. The van der Waals surface area contributed by atoms with Crippen LogP contribution < -0.4 is 5.32 Å². The molecule has 0 saturated carbocycles. The number of rotatable bonds is 5. The Bertz CT molecular complexity index is 1540. The summed E-state index contributed by atoms with van der Waals surface area (Å²) in [5.74, 6) is 5.53. The minimum absolute atomic E-state index is 0.0921. The van der Waals surface area contributed by atoms with Crippen molar-refractivity contribution in [2.75, 3.05) is 38.0 Å². The molecule has 0 unspecified atom stereocenters. The van der Waals surface area contributed by atoms with Gasteiger partial charge in [0.05, 0.1) is 16.6 Å². The molecule has 7 nitrogen and oxygen atoms in total. The zero-order valence-electron chi connectivity index (χ0n) is 21.3. The third kappa shape index (κ3) is 6.45. The van der Waals surface area contributed by atoms with E-state index < -0.39 is 17.6 Å². The highest BCUT2D eigenvalue weighted by molar-refractivity contribution is 6.04. The van der Waals surface area contributed by atoms with E-state index >= 15 is 0 Å². The Labute approximate surface area is 224 Å². The first-order valence-corrected chi connectivity index (χ1v) is 12.7. The monoisotopic (exact) mass is 532 g/mol. The van der Waals surface area contributed by atoms with Gasteiger partial charge in [0.15, 0.2) is 0 Å². The van der Waals surface area contributed by atoms with Crippen LogP contribution in [0.2, 0.25) is 0 Å². The van der Waals surface area contributed by atoms with Crippen LogP contribution in [0.15, 0.2) is 61.1 Å². The van der Waals surface area contributed by atoms with E-state index in [4.69, 9.17) is 0 Å². The van der Waals surface area contributed by atoms with Crippen LogP contribution in [-0.4, -0.2) is 63.4 Å². The van der Waals surface area contributed by atoms with E-state index in [2.05, 4.69) is 43.9 Å². The Morgan fingerprint density at radius 1 is 1.00 bits per heavy atom. The van der Waals surface area contributed by atoms with Crippen LogP contribution in [0.5, 0.6) is 0 Å². The molecule has 1 amide bonds. The number of hydrogen-bond acceptors (Lipinski definition) is 5. The average Bonchev–Trinajstić information content (AvgIpc) is 3.40. The molecule has 0 atom stereocenters. The molecule has 3 aromatic heterocycles. The first-order chi connectivity index (χ1) is 18.8. The smallest absolute Gasteiger partial charge is 0.360 e. The number of carbonyl (C=O) groups excluding carboxylic acids is 1. The van der Waals surface area contributed by atoms with Crippen molar-refractivity contribution >= 4 is 22.8 Å². The van der Waals surface area contributed by atoms with Crippen molar-refractivity contribution in [3.8, 4) is 11.8 Å². The van der Waals surface area contributed by atoms with Crippen molar-refractivity contribution in [3.63, 3.8) is 0 Å². The molecule has 5 rings (SSSR count). The average molecular weight is 533 g/mol. The van der Waals surface area contributed by atoms with E-state index in [1.165, 1.54) is 18.3 Å². The fourth-order valence-electron chi connectivity index (χ4n) is 4.54. The van der Waals surface area contributed by atoms with Crippen LogP contribution in [0, 0.1) is 11.8 Å². The Balaban J connectivity index is 1.30. The maximum absolute atomic E-state index is 13.9. The number of nitrogens with one attached hydrogen (secondary N) is 2. The number of nitrogens with zero attached hydrogens (tertiary/aromatic N) is 4. The van der Waals surface area contributed by atoms with Gasteiger partial charge in [-0.05, 0) is 48.5 Å². The van der Waals surface area contributed by atoms with Crippen LogP contribution >= 0.6 is 0 Å². The van der Waals surface area contributed by atoms with Gasteiger partial charge in [-0.25, -0.2) is 4.98 Å². The predicted molar refractivity (Wildman–Crippen MR) is 143 cm³/mol. The van der Waals surface area contributed by atoms with Gasteiger partial charge in [0, 0.05) is 68.0 Å². The van der Waals surface area contributed by atoms with Gasteiger partial charge in [-0.15, -0.1) is 0 Å². The Kier molecular flexibility index (Phi) is 7.63. The van der Waals surface area contributed by atoms with E-state index in [9.17, 15) is 18.0 Å². The third-order valence-corrected chi connectivity index (χ3v) is 6.73. The number of benzene rings is 1. The Morgan fingerprint density at radius 2 is 1.77 bits per heavy atom. The standard InChI is InChI=1S/C29H27F3N6O/c1-2-37-11-13-38(14-12-37)19-23-6-5-22(17-24(23)29(30,31)32)28(39)36-27-16-20(7-9-34-27)3-4-21-15-26-25(35-18-21)8-10-33-26/h5-10,15-18,33H,2,11-14,19H2,1H3,(H,34,36,39). The lowest BCUT2D eigenvalue weighted by Crippen LogP contribution is -2.45. The molecule has 200 valence electrons. The number of piperazine rings is 1. The molecule has 0 radical (unpaired) electrons. The molecule has 1 saturated heterocycles. The number of aromatic amines is 1. The maximum Gasteiger partial charge on any atom is 0.416 e. The number of alkyl halides is 3. The summed E-state index contributed by atoms with van der Waals surface area (Å²) in [6, 6.07) is 10.7. The summed E-state index contributed by atoms with van der Waals surface area (Å²) in [6.07, 6.45) is 0.365. The van der Waals surface area contributed by atoms with Crippen molar-refractivity contribution in [2.45, 2.75) is 19.6 Å². The van der Waals surface area contributed by atoms with Crippen molar-refractivity contribution < 1.29 is 18.0 Å². The van der Waals surface area contributed by atoms with Gasteiger partial charge < -0.3 is 15.2 Å². The van der Waals surface area contributed by atoms with Gasteiger partial charge in [0.25, 0.3) is 5.91 Å². The van der Waals surface area contributed by atoms with Gasteiger partial charge in [-0.3, -0.25) is 14.7 Å². The number of hydrogen-bond donors (Lipinski definition) is 2. The number of aromatic nitrogens is 3. The molecule has 1 aliphatic rings. The second-order valence-corrected chi connectivity index (χ2v) is 9.35. The molecular weight excluding hydrogens is 505 g/mol. The highest BCUT2D eigenvalue weighted by Gasteiger charge is 2.34. The molecule has 10 heteroatoms. The van der Waals surface area contributed by atoms with Crippen LogP contribution in [0.4, 0.5) is 19.0 Å². The maximum atomic E-state index is 13.9. The first kappa shape index (κ1) is 26.4. The summed E-state index contributed by atoms with van der Waals surface area (Å²) in [6.45, 7) is 6.25. The van der Waals surface area contributed by atoms with Crippen molar-refractivity contribution in [2.24, 2.45) is 0 Å². The molecule has 4 heterocycles. The molecule has 0 aliphatic carbocycles. The molecule has 0 bridgehead atoms. The summed E-state index contributed by atoms with van der Waals surface area (Å²) < 4.78 is 41.8. The zero-order chi connectivity index (χ0) is 27.4. The Morgan fingerprint density at radius 3 is 2.54 bits per heavy atom. The summed E-state index contributed by atoms with van der Waals surface area (Å²) in [5.41, 5.74) is 2.27. The molecule has 0 spiro atoms. The van der Waals surface area contributed by atoms with E-state index in [0.29, 0.717) is 24.2 Å². The molecular formula is C29H27F3N6O. The highest BCUT2D eigenvalue weighted by Crippen LogP contribution is 2.33. The number of fused-ring (bicyclic) bond motifs is 1. The number of carbonyl (C=O) groups is 1. The van der Waals surface area contributed by atoms with E-state index in [-0.39, 0.29) is 23.5 Å². The highest BCUT2D eigenvalue weighted by atomic mass is 19.4. The van der Waals surface area contributed by atoms with Crippen LogP contribution in [-0.2, 0) is 12.7 Å². The van der Waals surface area contributed by atoms with E-state index in [1.807, 2.05) is 17.0 Å². The zero-order valence-corrected chi connectivity index (χ0v) is 21.3. The third-order valence-electron chi connectivity index (χ3n) is 6.73. The van der Waals surface area contributed by atoms with E-state index in [1.54, 1.807) is 24.5 Å². The van der Waals surface area contributed by atoms with Gasteiger partial charge in [-0.1, -0.05) is 24.8 Å². The van der Waals surface area contributed by atoms with Crippen molar-refractivity contribution in [1.82, 2.24) is 24.8 Å².